The first-order valence-electron chi connectivity index (χ1n) is 8.25. The molecule has 0 aromatic carbocycles. The fourth-order valence-corrected chi connectivity index (χ4v) is 1.04. The molecule has 0 N–H and O–H groups in total. The molecule has 1 radical (unpaired) electrons. The Hall–Kier alpha value is -1.88. The number of alkyl halides is 18. The Kier molecular flexibility index (Phi) is 18.0. The molecule has 6 nitrogen and oxygen atoms in total. The van der Waals surface area contributed by atoms with Crippen LogP contribution in [-0.2, 0) is 28.8 Å². The van der Waals surface area contributed by atoms with Gasteiger partial charge in [-0.2, -0.15) is 79.0 Å². The second kappa shape index (κ2) is 15.9. The average Bonchev–Trinajstić information content (AvgIpc) is 2.64. The summed E-state index contributed by atoms with van der Waals surface area (Å²) >= 11 is 0. The summed E-state index contributed by atoms with van der Waals surface area (Å²) in [6, 6.07) is 0. The van der Waals surface area contributed by atoms with E-state index in [0.29, 0.717) is 0 Å². The maximum atomic E-state index is 11.3. The average molecular weight is 765 g/mol. The van der Waals surface area contributed by atoms with Gasteiger partial charge < -0.3 is 0 Å². The number of carbonyl (C=O) groups excluding carboxylic acids is 6. The molecule has 40 heavy (non-hydrogen) atoms. The number of hydrogen-bond acceptors (Lipinski definition) is 6. The van der Waals surface area contributed by atoms with Crippen LogP contribution in [0.25, 0.3) is 0 Å². The SMILES string of the molecule is O=C(CC(=O)C(F)(F)F)C(F)(F)F.O=C(CC(=O)C(F)(F)F)C(F)(F)F.O=C(CC(=O)C(F)(F)F)C(F)(F)F.[Pr]. The van der Waals surface area contributed by atoms with Gasteiger partial charge in [0.1, 0.15) is 0 Å². The van der Waals surface area contributed by atoms with Crippen LogP contribution >= 0.6 is 0 Å². The molecule has 0 unspecified atom stereocenters. The topological polar surface area (TPSA) is 102 Å². The number of carbonyl (C=O) groups is 6. The maximum Gasteiger partial charge on any atom is 0.450 e. The first-order valence-corrected chi connectivity index (χ1v) is 8.25. The molecule has 0 aliphatic carbocycles. The minimum Gasteiger partial charge on any atom is -0.289 e. The van der Waals surface area contributed by atoms with E-state index >= 15 is 0 Å². The van der Waals surface area contributed by atoms with Crippen molar-refractivity contribution in [3.8, 4) is 0 Å². The zero-order valence-corrected chi connectivity index (χ0v) is 21.7. The second-order valence-corrected chi connectivity index (χ2v) is 6.06. The molecule has 25 heteroatoms. The number of Topliss-reactive ketones (excluding diaryl/α,β-unsaturated/α-hetero) is 6. The molecule has 0 aliphatic rings. The van der Waals surface area contributed by atoms with Crippen LogP contribution in [0.1, 0.15) is 19.3 Å². The van der Waals surface area contributed by atoms with Crippen molar-refractivity contribution >= 4 is 34.7 Å². The molecule has 0 atom stereocenters. The first kappa shape index (κ1) is 45.1. The van der Waals surface area contributed by atoms with E-state index in [0.717, 1.165) is 0 Å². The van der Waals surface area contributed by atoms with Gasteiger partial charge in [-0.15, -0.1) is 0 Å². The second-order valence-electron chi connectivity index (χ2n) is 6.06. The van der Waals surface area contributed by atoms with E-state index in [4.69, 9.17) is 0 Å². The van der Waals surface area contributed by atoms with Gasteiger partial charge in [-0.05, 0) is 0 Å². The van der Waals surface area contributed by atoms with Gasteiger partial charge in [0.2, 0.25) is 34.7 Å². The van der Waals surface area contributed by atoms with Crippen molar-refractivity contribution in [3.63, 3.8) is 0 Å². The van der Waals surface area contributed by atoms with Gasteiger partial charge in [0.05, 0.1) is 19.3 Å². The summed E-state index contributed by atoms with van der Waals surface area (Å²) in [5.41, 5.74) is 0. The normalized spacial score (nSPS) is 12.4. The van der Waals surface area contributed by atoms with E-state index in [1.54, 1.807) is 0 Å². The van der Waals surface area contributed by atoms with Crippen molar-refractivity contribution in [1.82, 2.24) is 0 Å². The Morgan fingerprint density at radius 3 is 0.400 bits per heavy atom. The number of ketones is 6. The molecule has 231 valence electrons. The summed E-state index contributed by atoms with van der Waals surface area (Å²) in [5.74, 6) is -16.2. The quantitative estimate of drug-likeness (QED) is 0.282. The van der Waals surface area contributed by atoms with Gasteiger partial charge in [0.25, 0.3) is 0 Å². The third-order valence-corrected chi connectivity index (χ3v) is 2.86. The molecule has 0 aromatic rings. The third-order valence-electron chi connectivity index (χ3n) is 2.86. The van der Waals surface area contributed by atoms with Gasteiger partial charge >= 0.3 is 37.1 Å². The summed E-state index contributed by atoms with van der Waals surface area (Å²) in [6.45, 7) is 0. The molecule has 0 saturated carbocycles. The maximum absolute atomic E-state index is 11.3. The molecule has 0 rings (SSSR count). The van der Waals surface area contributed by atoms with Gasteiger partial charge in [-0.25, -0.2) is 0 Å². The van der Waals surface area contributed by atoms with Crippen LogP contribution in [0.4, 0.5) is 79.0 Å². The van der Waals surface area contributed by atoms with Gasteiger partial charge in [0, 0.05) is 41.3 Å². The molecule has 0 amide bonds. The molecular weight excluding hydrogens is 759 g/mol. The predicted octanol–water partition coefficient (Wildman–Crippen LogP) is 4.92. The molecule has 0 heterocycles. The Labute approximate surface area is 239 Å². The van der Waals surface area contributed by atoms with Crippen LogP contribution in [0.5, 0.6) is 0 Å². The molecule has 0 fully saturated rings. The van der Waals surface area contributed by atoms with Crippen LogP contribution in [0, 0.1) is 41.3 Å². The van der Waals surface area contributed by atoms with Crippen LogP contribution in [-0.4, -0.2) is 71.8 Å². The van der Waals surface area contributed by atoms with E-state index in [-0.39, 0.29) is 41.3 Å². The first-order chi connectivity index (χ1) is 16.6. The largest absolute Gasteiger partial charge is 0.450 e. The minimum atomic E-state index is -5.40. The number of rotatable bonds is 6. The zero-order valence-electron chi connectivity index (χ0n) is 18.0. The minimum absolute atomic E-state index is 0. The monoisotopic (exact) mass is 765 g/mol. The van der Waals surface area contributed by atoms with E-state index < -0.39 is 91.0 Å². The molecular formula is C15H6F18O6Pr. The number of halogens is 18. The smallest absolute Gasteiger partial charge is 0.289 e. The Bertz CT molecular complexity index is 726. The van der Waals surface area contributed by atoms with E-state index in [1.165, 1.54) is 0 Å². The van der Waals surface area contributed by atoms with Gasteiger partial charge in [-0.1, -0.05) is 0 Å². The summed E-state index contributed by atoms with van der Waals surface area (Å²) in [5, 5.41) is 0. The van der Waals surface area contributed by atoms with Gasteiger partial charge in [-0.3, -0.25) is 28.8 Å². The molecule has 0 saturated heterocycles. The van der Waals surface area contributed by atoms with Crippen LogP contribution in [0.15, 0.2) is 0 Å². The molecule has 0 bridgehead atoms. The molecule has 0 spiro atoms. The Morgan fingerprint density at radius 1 is 0.275 bits per heavy atom. The van der Waals surface area contributed by atoms with Crippen LogP contribution in [0.2, 0.25) is 0 Å². The van der Waals surface area contributed by atoms with Crippen molar-refractivity contribution in [1.29, 1.82) is 0 Å². The van der Waals surface area contributed by atoms with Crippen molar-refractivity contribution in [3.05, 3.63) is 0 Å². The summed E-state index contributed by atoms with van der Waals surface area (Å²) in [7, 11) is 0. The van der Waals surface area contributed by atoms with E-state index in [9.17, 15) is 108 Å². The summed E-state index contributed by atoms with van der Waals surface area (Å²) in [4.78, 5) is 59.3. The molecule has 0 aromatic heterocycles. The van der Waals surface area contributed by atoms with Crippen molar-refractivity contribution in [2.75, 3.05) is 0 Å². The Balaban J connectivity index is -0.000000240. The van der Waals surface area contributed by atoms with Crippen molar-refractivity contribution < 1.29 is 149 Å². The van der Waals surface area contributed by atoms with Crippen LogP contribution < -0.4 is 0 Å². The fourth-order valence-electron chi connectivity index (χ4n) is 1.04. The fraction of sp³-hybridized carbons (Fsp3) is 0.600. The van der Waals surface area contributed by atoms with Gasteiger partial charge in [0.15, 0.2) is 0 Å². The van der Waals surface area contributed by atoms with Crippen molar-refractivity contribution in [2.24, 2.45) is 0 Å². The molecule has 0 aliphatic heterocycles. The van der Waals surface area contributed by atoms with Crippen LogP contribution in [0.3, 0.4) is 0 Å². The summed E-state index contributed by atoms with van der Waals surface area (Å²) in [6.07, 6.45) is -39.0. The standard InChI is InChI=1S/3C5H2F6O2.Pr/c3*6-4(7,8)2(12)1-3(13)5(9,10)11;/h3*1H2;. The summed E-state index contributed by atoms with van der Waals surface area (Å²) < 4.78 is 204. The van der Waals surface area contributed by atoms with E-state index in [1.807, 2.05) is 0 Å². The predicted molar refractivity (Wildman–Crippen MR) is 80.2 cm³/mol. The third kappa shape index (κ3) is 20.9. The van der Waals surface area contributed by atoms with E-state index in [2.05, 4.69) is 0 Å². The Morgan fingerprint density at radius 2 is 0.350 bits per heavy atom. The number of hydrogen-bond donors (Lipinski definition) is 0. The zero-order chi connectivity index (χ0) is 32.6. The van der Waals surface area contributed by atoms with Crippen molar-refractivity contribution in [2.45, 2.75) is 56.3 Å².